The number of rotatable bonds is 5. The number of guanidine groups is 1. The fourth-order valence-electron chi connectivity index (χ4n) is 2.06. The van der Waals surface area contributed by atoms with E-state index in [0.717, 1.165) is 12.1 Å². The Morgan fingerprint density at radius 1 is 1.21 bits per heavy atom. The molecular formula is C15H16BrF5N4O3. The Morgan fingerprint density at radius 2 is 1.79 bits per heavy atom. The Kier molecular flexibility index (Phi) is 6.83. The van der Waals surface area contributed by atoms with E-state index >= 15 is 0 Å². The van der Waals surface area contributed by atoms with Gasteiger partial charge in [-0.3, -0.25) is 5.41 Å². The van der Waals surface area contributed by atoms with Gasteiger partial charge in [-0.15, -0.1) is 0 Å². The van der Waals surface area contributed by atoms with Crippen LogP contribution in [0.4, 0.5) is 27.6 Å². The molecule has 13 heteroatoms. The van der Waals surface area contributed by atoms with Gasteiger partial charge in [0.25, 0.3) is 0 Å². The quantitative estimate of drug-likeness (QED) is 0.262. The molecule has 1 aromatic rings. The minimum absolute atomic E-state index is 0.0940. The summed E-state index contributed by atoms with van der Waals surface area (Å²) in [6.45, 7) is 2.74. The second kappa shape index (κ2) is 8.57. The van der Waals surface area contributed by atoms with Crippen LogP contribution >= 0.6 is 15.9 Å². The molecule has 0 atom stereocenters. The van der Waals surface area contributed by atoms with E-state index in [-0.39, 0.29) is 17.2 Å². The van der Waals surface area contributed by atoms with Gasteiger partial charge < -0.3 is 24.8 Å². The van der Waals surface area contributed by atoms with Crippen molar-refractivity contribution in [2.45, 2.75) is 25.0 Å². The third kappa shape index (κ3) is 6.27. The van der Waals surface area contributed by atoms with Crippen molar-refractivity contribution in [3.63, 3.8) is 0 Å². The molecule has 1 aliphatic heterocycles. The third-order valence-corrected chi connectivity index (χ3v) is 3.56. The van der Waals surface area contributed by atoms with Gasteiger partial charge in [0, 0.05) is 5.69 Å². The van der Waals surface area contributed by atoms with Crippen LogP contribution in [-0.2, 0) is 9.47 Å². The average Bonchev–Trinajstić information content (AvgIpc) is 3.00. The van der Waals surface area contributed by atoms with Crippen LogP contribution in [0.25, 0.3) is 0 Å². The molecule has 2 rings (SSSR count). The molecule has 0 aliphatic carbocycles. The zero-order valence-corrected chi connectivity index (χ0v) is 16.0. The van der Waals surface area contributed by atoms with Crippen molar-refractivity contribution in [1.82, 2.24) is 5.32 Å². The molecule has 0 spiro atoms. The predicted molar refractivity (Wildman–Crippen MR) is 94.1 cm³/mol. The Morgan fingerprint density at radius 3 is 2.29 bits per heavy atom. The molecular weight excluding hydrogens is 459 g/mol. The maximum absolute atomic E-state index is 12.9. The molecule has 1 aromatic carbocycles. The van der Waals surface area contributed by atoms with Gasteiger partial charge in [-0.1, -0.05) is 0 Å². The number of alkyl halides is 5. The monoisotopic (exact) mass is 474 g/mol. The number of nitrogens with zero attached hydrogens (tertiary/aromatic N) is 1. The smallest absolute Gasteiger partial charge is 0.426 e. The van der Waals surface area contributed by atoms with Crippen LogP contribution in [0.1, 0.15) is 6.92 Å². The first-order valence-electron chi connectivity index (χ1n) is 7.75. The Labute approximate surface area is 164 Å². The third-order valence-electron chi connectivity index (χ3n) is 3.38. The summed E-state index contributed by atoms with van der Waals surface area (Å²) in [7, 11) is 0. The van der Waals surface area contributed by atoms with Crippen molar-refractivity contribution in [1.29, 1.82) is 5.41 Å². The van der Waals surface area contributed by atoms with Crippen LogP contribution in [-0.4, -0.2) is 48.5 Å². The summed E-state index contributed by atoms with van der Waals surface area (Å²) >= 11 is 2.86. The van der Waals surface area contributed by atoms with Crippen molar-refractivity contribution in [3.05, 3.63) is 24.3 Å². The van der Waals surface area contributed by atoms with Crippen molar-refractivity contribution >= 4 is 32.3 Å². The lowest BCUT2D eigenvalue weighted by molar-refractivity contribution is -0.360. The SMILES string of the molecule is CC1(CN/C(=N/C(=N)Br)Nc2ccc(OC(F)(F)C(F)(F)F)cc2)OCCO1. The van der Waals surface area contributed by atoms with Crippen LogP contribution < -0.4 is 15.4 Å². The highest BCUT2D eigenvalue weighted by molar-refractivity contribution is 9.18. The summed E-state index contributed by atoms with van der Waals surface area (Å²) < 4.78 is 76.7. The number of nitrogens with one attached hydrogen (secondary N) is 3. The number of aliphatic imine (C=N–C) groups is 1. The number of hydrogen-bond acceptors (Lipinski definition) is 4. The normalized spacial score (nSPS) is 17.3. The van der Waals surface area contributed by atoms with Crippen molar-refractivity contribution < 1.29 is 36.2 Å². The molecule has 0 amide bonds. The minimum Gasteiger partial charge on any atom is -0.426 e. The summed E-state index contributed by atoms with van der Waals surface area (Å²) in [6.07, 6.45) is -11.1. The summed E-state index contributed by atoms with van der Waals surface area (Å²) in [4.78, 5) is 3.86. The first-order valence-corrected chi connectivity index (χ1v) is 8.55. The molecule has 1 saturated heterocycles. The molecule has 0 unspecified atom stereocenters. The summed E-state index contributed by atoms with van der Waals surface area (Å²) in [5, 5.41) is 13.0. The van der Waals surface area contributed by atoms with Crippen molar-refractivity contribution in [3.8, 4) is 5.75 Å². The van der Waals surface area contributed by atoms with E-state index in [9.17, 15) is 22.0 Å². The van der Waals surface area contributed by atoms with Gasteiger partial charge in [0.1, 0.15) is 5.75 Å². The van der Waals surface area contributed by atoms with Gasteiger partial charge in [0.2, 0.25) is 5.96 Å². The van der Waals surface area contributed by atoms with Crippen molar-refractivity contribution in [2.75, 3.05) is 25.1 Å². The minimum atomic E-state index is -5.83. The Bertz CT molecular complexity index is 721. The highest BCUT2D eigenvalue weighted by Crippen LogP contribution is 2.37. The molecule has 1 fully saturated rings. The molecule has 156 valence electrons. The van der Waals surface area contributed by atoms with Crippen LogP contribution in [0.3, 0.4) is 0 Å². The van der Waals surface area contributed by atoms with Crippen molar-refractivity contribution in [2.24, 2.45) is 4.99 Å². The summed E-state index contributed by atoms with van der Waals surface area (Å²) in [5.41, 5.74) is 0.293. The van der Waals surface area contributed by atoms with Gasteiger partial charge in [-0.05, 0) is 47.1 Å². The number of halogens is 6. The van der Waals surface area contributed by atoms with E-state index in [0.29, 0.717) is 18.9 Å². The highest BCUT2D eigenvalue weighted by atomic mass is 79.9. The Hall–Kier alpha value is -1.99. The summed E-state index contributed by atoms with van der Waals surface area (Å²) in [6, 6.07) is 4.29. The fraction of sp³-hybridized carbons (Fsp3) is 0.467. The lowest BCUT2D eigenvalue weighted by Gasteiger charge is -2.24. The number of anilines is 1. The number of benzene rings is 1. The Balaban J connectivity index is 2.03. The molecule has 3 N–H and O–H groups in total. The maximum atomic E-state index is 12.9. The molecule has 0 saturated carbocycles. The van der Waals surface area contributed by atoms with E-state index < -0.39 is 23.8 Å². The molecule has 0 radical (unpaired) electrons. The first kappa shape index (κ1) is 22.3. The van der Waals surface area contributed by atoms with Crippen LogP contribution in [0, 0.1) is 5.41 Å². The zero-order valence-electron chi connectivity index (χ0n) is 14.4. The van der Waals surface area contributed by atoms with E-state index in [1.54, 1.807) is 6.92 Å². The number of ether oxygens (including phenoxy) is 3. The van der Waals surface area contributed by atoms with Crippen LogP contribution in [0.2, 0.25) is 0 Å². The number of hydrogen-bond donors (Lipinski definition) is 3. The second-order valence-corrected chi connectivity index (χ2v) is 6.45. The number of amidine groups is 1. The zero-order chi connectivity index (χ0) is 21.0. The maximum Gasteiger partial charge on any atom is 0.499 e. The molecule has 1 aliphatic rings. The molecule has 7 nitrogen and oxygen atoms in total. The predicted octanol–water partition coefficient (Wildman–Crippen LogP) is 3.67. The topological polar surface area (TPSA) is 88.0 Å². The van der Waals surface area contributed by atoms with Gasteiger partial charge in [-0.2, -0.15) is 26.9 Å². The fourth-order valence-corrected chi connectivity index (χ4v) is 2.24. The standard InChI is InChI=1S/C15H16BrF5N4O3/c1-13(26-6-7-27-13)8-23-12(25-11(16)22)24-9-2-4-10(5-3-9)28-15(20,21)14(17,18)19/h2-5H,6-8H2,1H3,(H3,22,23,24,25). The summed E-state index contributed by atoms with van der Waals surface area (Å²) in [5.74, 6) is -1.47. The average molecular weight is 475 g/mol. The lowest BCUT2D eigenvalue weighted by atomic mass is 10.3. The molecule has 0 bridgehead atoms. The van der Waals surface area contributed by atoms with Gasteiger partial charge in [0.05, 0.1) is 19.8 Å². The molecule has 1 heterocycles. The van der Waals surface area contributed by atoms with Gasteiger partial charge >= 0.3 is 12.3 Å². The van der Waals surface area contributed by atoms with Gasteiger partial charge in [-0.25, -0.2) is 0 Å². The van der Waals surface area contributed by atoms with E-state index in [4.69, 9.17) is 14.9 Å². The van der Waals surface area contributed by atoms with E-state index in [1.165, 1.54) is 12.1 Å². The van der Waals surface area contributed by atoms with Crippen LogP contribution in [0.15, 0.2) is 29.3 Å². The first-order chi connectivity index (χ1) is 12.9. The van der Waals surface area contributed by atoms with E-state index in [1.807, 2.05) is 0 Å². The lowest BCUT2D eigenvalue weighted by Crippen LogP contribution is -2.44. The highest BCUT2D eigenvalue weighted by Gasteiger charge is 2.61. The second-order valence-electron chi connectivity index (χ2n) is 5.70. The largest absolute Gasteiger partial charge is 0.499 e. The molecule has 0 aromatic heterocycles. The van der Waals surface area contributed by atoms with E-state index in [2.05, 4.69) is 36.3 Å². The van der Waals surface area contributed by atoms with Gasteiger partial charge in [0.15, 0.2) is 10.5 Å². The molecule has 28 heavy (non-hydrogen) atoms. The van der Waals surface area contributed by atoms with Crippen LogP contribution in [0.5, 0.6) is 5.75 Å².